The van der Waals surface area contributed by atoms with E-state index in [4.69, 9.17) is 4.74 Å². The minimum Gasteiger partial charge on any atom is -0.477 e. The van der Waals surface area contributed by atoms with Gasteiger partial charge in [-0.15, -0.1) is 0 Å². The van der Waals surface area contributed by atoms with E-state index in [9.17, 15) is 13.6 Å². The Kier molecular flexibility index (Phi) is 3.09. The number of carbonyl (C=O) groups excluding carboxylic acids is 1. The molecule has 16 heavy (non-hydrogen) atoms. The number of nitrogens with one attached hydrogen (secondary N) is 1. The van der Waals surface area contributed by atoms with Crippen molar-refractivity contribution in [1.29, 1.82) is 0 Å². The molecule has 2 rings (SSSR count). The molecule has 0 bridgehead atoms. The number of benzene rings is 1. The number of hydrogen-bond donors (Lipinski definition) is 1. The molecule has 0 spiro atoms. The first kappa shape index (κ1) is 11.3. The molecular weight excluding hydrogens is 284 g/mol. The van der Waals surface area contributed by atoms with Gasteiger partial charge >= 0.3 is 0 Å². The molecule has 0 unspecified atom stereocenters. The number of halogens is 3. The molecule has 1 aromatic rings. The average Bonchev–Trinajstić information content (AvgIpc) is 2.60. The van der Waals surface area contributed by atoms with Gasteiger partial charge in [0.2, 0.25) is 5.82 Å². The molecule has 0 aromatic heterocycles. The fourth-order valence-corrected chi connectivity index (χ4v) is 1.86. The van der Waals surface area contributed by atoms with Crippen molar-refractivity contribution in [3.05, 3.63) is 28.2 Å². The molecule has 1 heterocycles. The summed E-state index contributed by atoms with van der Waals surface area (Å²) in [6.07, 6.45) is -0.296. The number of rotatable bonds is 2. The van der Waals surface area contributed by atoms with Crippen LogP contribution in [0.25, 0.3) is 0 Å². The molecule has 0 saturated carbocycles. The minimum atomic E-state index is -1.08. The highest BCUT2D eigenvalue weighted by Crippen LogP contribution is 2.27. The Balaban J connectivity index is 2.24. The van der Waals surface area contributed by atoms with E-state index in [0.717, 1.165) is 6.07 Å². The molecule has 1 atom stereocenters. The molecule has 6 heteroatoms. The summed E-state index contributed by atoms with van der Waals surface area (Å²) in [6, 6.07) is 2.29. The van der Waals surface area contributed by atoms with Gasteiger partial charge in [0.15, 0.2) is 17.7 Å². The number of amides is 1. The average molecular weight is 292 g/mol. The fourth-order valence-electron chi connectivity index (χ4n) is 1.46. The Morgan fingerprint density at radius 1 is 1.44 bits per heavy atom. The van der Waals surface area contributed by atoms with Crippen LogP contribution in [0, 0.1) is 11.6 Å². The molecule has 1 aliphatic heterocycles. The zero-order chi connectivity index (χ0) is 11.7. The second kappa shape index (κ2) is 4.37. The Hall–Kier alpha value is -1.17. The van der Waals surface area contributed by atoms with Crippen molar-refractivity contribution in [3.63, 3.8) is 0 Å². The maximum absolute atomic E-state index is 13.3. The highest BCUT2D eigenvalue weighted by Gasteiger charge is 2.27. The summed E-state index contributed by atoms with van der Waals surface area (Å²) in [4.78, 5) is 11.2. The first-order chi connectivity index (χ1) is 7.58. The van der Waals surface area contributed by atoms with Gasteiger partial charge in [-0.2, -0.15) is 4.39 Å². The van der Waals surface area contributed by atoms with Gasteiger partial charge in [-0.25, -0.2) is 4.39 Å². The summed E-state index contributed by atoms with van der Waals surface area (Å²) >= 11 is 3.02. The highest BCUT2D eigenvalue weighted by molar-refractivity contribution is 9.10. The first-order valence-corrected chi connectivity index (χ1v) is 5.46. The lowest BCUT2D eigenvalue weighted by molar-refractivity contribution is -0.125. The lowest BCUT2D eigenvalue weighted by Crippen LogP contribution is -2.28. The van der Waals surface area contributed by atoms with Gasteiger partial charge in [0.25, 0.3) is 5.91 Å². The van der Waals surface area contributed by atoms with Crippen molar-refractivity contribution < 1.29 is 18.3 Å². The van der Waals surface area contributed by atoms with E-state index >= 15 is 0 Å². The molecule has 1 aromatic carbocycles. The van der Waals surface area contributed by atoms with Crippen molar-refractivity contribution >= 4 is 21.8 Å². The summed E-state index contributed by atoms with van der Waals surface area (Å²) in [5.74, 6) is -2.65. The predicted octanol–water partition coefficient (Wildman–Crippen LogP) is 1.99. The number of hydrogen-bond acceptors (Lipinski definition) is 2. The SMILES string of the molecule is O=C1NCC[C@@H]1Oc1cc(Br)cc(F)c1F. The normalized spacial score (nSPS) is 19.7. The maximum atomic E-state index is 13.3. The quantitative estimate of drug-likeness (QED) is 0.847. The summed E-state index contributed by atoms with van der Waals surface area (Å²) < 4.78 is 31.8. The molecule has 1 N–H and O–H groups in total. The van der Waals surface area contributed by atoms with Crippen LogP contribution in [0.2, 0.25) is 0 Å². The van der Waals surface area contributed by atoms with Crippen LogP contribution in [0.5, 0.6) is 5.75 Å². The van der Waals surface area contributed by atoms with E-state index in [1.165, 1.54) is 6.07 Å². The lowest BCUT2D eigenvalue weighted by Gasteiger charge is -2.12. The Bertz CT molecular complexity index is 439. The number of ether oxygens (including phenoxy) is 1. The standard InChI is InChI=1S/C10H8BrF2NO2/c11-5-3-6(12)9(13)8(4-5)16-7-1-2-14-10(7)15/h3-4,7H,1-2H2,(H,14,15)/t7-/m0/s1. The van der Waals surface area contributed by atoms with Gasteiger partial charge in [-0.1, -0.05) is 15.9 Å². The summed E-state index contributed by atoms with van der Waals surface area (Å²) in [5, 5.41) is 2.55. The molecule has 1 amide bonds. The van der Waals surface area contributed by atoms with Gasteiger partial charge in [-0.05, 0) is 12.1 Å². The Morgan fingerprint density at radius 3 is 2.81 bits per heavy atom. The zero-order valence-electron chi connectivity index (χ0n) is 8.10. The van der Waals surface area contributed by atoms with Crippen LogP contribution in [0.3, 0.4) is 0 Å². The van der Waals surface area contributed by atoms with Crippen LogP contribution in [-0.4, -0.2) is 18.6 Å². The molecule has 86 valence electrons. The van der Waals surface area contributed by atoms with Crippen LogP contribution in [0.4, 0.5) is 8.78 Å². The Morgan fingerprint density at radius 2 is 2.19 bits per heavy atom. The predicted molar refractivity (Wildman–Crippen MR) is 56.1 cm³/mol. The van der Waals surface area contributed by atoms with Crippen molar-refractivity contribution in [3.8, 4) is 5.75 Å². The lowest BCUT2D eigenvalue weighted by atomic mass is 10.3. The van der Waals surface area contributed by atoms with Gasteiger partial charge in [0, 0.05) is 17.4 Å². The molecule has 1 fully saturated rings. The van der Waals surface area contributed by atoms with Gasteiger partial charge in [-0.3, -0.25) is 4.79 Å². The topological polar surface area (TPSA) is 38.3 Å². The van der Waals surface area contributed by atoms with Crippen molar-refractivity contribution in [1.82, 2.24) is 5.32 Å². The maximum Gasteiger partial charge on any atom is 0.261 e. The summed E-state index contributed by atoms with van der Waals surface area (Å²) in [5.41, 5.74) is 0. The van der Waals surface area contributed by atoms with Crippen LogP contribution in [-0.2, 0) is 4.79 Å². The smallest absolute Gasteiger partial charge is 0.261 e. The summed E-state index contributed by atoms with van der Waals surface area (Å²) in [7, 11) is 0. The molecule has 1 saturated heterocycles. The monoisotopic (exact) mass is 291 g/mol. The van der Waals surface area contributed by atoms with Crippen LogP contribution in [0.15, 0.2) is 16.6 Å². The molecule has 0 radical (unpaired) electrons. The third-order valence-corrected chi connectivity index (χ3v) is 2.68. The molecule has 1 aliphatic rings. The van der Waals surface area contributed by atoms with Crippen molar-refractivity contribution in [2.75, 3.05) is 6.54 Å². The van der Waals surface area contributed by atoms with Gasteiger partial charge < -0.3 is 10.1 Å². The van der Waals surface area contributed by atoms with E-state index < -0.39 is 17.7 Å². The third kappa shape index (κ3) is 2.16. The van der Waals surface area contributed by atoms with Crippen LogP contribution in [0.1, 0.15) is 6.42 Å². The van der Waals surface area contributed by atoms with E-state index in [-0.39, 0.29) is 11.7 Å². The largest absolute Gasteiger partial charge is 0.477 e. The Labute approximate surface area is 98.9 Å². The van der Waals surface area contributed by atoms with Crippen molar-refractivity contribution in [2.24, 2.45) is 0 Å². The van der Waals surface area contributed by atoms with E-state index in [1.807, 2.05) is 0 Å². The van der Waals surface area contributed by atoms with Crippen LogP contribution < -0.4 is 10.1 Å². The number of carbonyl (C=O) groups is 1. The molecule has 3 nitrogen and oxygen atoms in total. The molecular formula is C10H8BrF2NO2. The fraction of sp³-hybridized carbons (Fsp3) is 0.300. The van der Waals surface area contributed by atoms with Gasteiger partial charge in [0.05, 0.1) is 0 Å². The minimum absolute atomic E-state index is 0.256. The van der Waals surface area contributed by atoms with E-state index in [1.54, 1.807) is 0 Å². The second-order valence-electron chi connectivity index (χ2n) is 3.39. The second-order valence-corrected chi connectivity index (χ2v) is 4.30. The van der Waals surface area contributed by atoms with Crippen molar-refractivity contribution in [2.45, 2.75) is 12.5 Å². The zero-order valence-corrected chi connectivity index (χ0v) is 9.68. The van der Waals surface area contributed by atoms with E-state index in [2.05, 4.69) is 21.2 Å². The molecule has 0 aliphatic carbocycles. The van der Waals surface area contributed by atoms with E-state index in [0.29, 0.717) is 17.4 Å². The third-order valence-electron chi connectivity index (χ3n) is 2.23. The van der Waals surface area contributed by atoms with Gasteiger partial charge in [0.1, 0.15) is 0 Å². The highest BCUT2D eigenvalue weighted by atomic mass is 79.9. The summed E-state index contributed by atoms with van der Waals surface area (Å²) in [6.45, 7) is 0.488. The first-order valence-electron chi connectivity index (χ1n) is 4.67. The van der Waals surface area contributed by atoms with Crippen LogP contribution >= 0.6 is 15.9 Å².